The van der Waals surface area contributed by atoms with E-state index in [4.69, 9.17) is 16.0 Å². The molecule has 5 heteroatoms. The molecule has 0 aliphatic rings. The summed E-state index contributed by atoms with van der Waals surface area (Å²) in [7, 11) is 0. The maximum atomic E-state index is 12.4. The fourth-order valence-electron chi connectivity index (χ4n) is 3.04. The Morgan fingerprint density at radius 3 is 2.52 bits per heavy atom. The number of oxazole rings is 1. The molecule has 0 spiro atoms. The molecule has 1 aromatic heterocycles. The standard InChI is InChI=1S/C22H17ClN2O2/c1-13-11-14(2)20-19(12-13)25-22(27-20)15-7-9-16(10-8-15)24-21(26)17-5-3-4-6-18(17)23/h3-12H,1-2H3,(H,24,26). The second-order valence-electron chi connectivity index (χ2n) is 6.46. The van der Waals surface area contributed by atoms with E-state index in [-0.39, 0.29) is 5.91 Å². The Morgan fingerprint density at radius 1 is 1.04 bits per heavy atom. The summed E-state index contributed by atoms with van der Waals surface area (Å²) in [4.78, 5) is 16.9. The van der Waals surface area contributed by atoms with E-state index >= 15 is 0 Å². The second-order valence-corrected chi connectivity index (χ2v) is 6.87. The summed E-state index contributed by atoms with van der Waals surface area (Å²) in [6, 6.07) is 18.4. The minimum atomic E-state index is -0.249. The third-order valence-corrected chi connectivity index (χ3v) is 4.66. The molecule has 4 aromatic rings. The van der Waals surface area contributed by atoms with Gasteiger partial charge in [-0.25, -0.2) is 4.98 Å². The Kier molecular flexibility index (Phi) is 4.42. The number of anilines is 1. The van der Waals surface area contributed by atoms with E-state index in [0.717, 1.165) is 27.8 Å². The van der Waals surface area contributed by atoms with Gasteiger partial charge in [-0.3, -0.25) is 4.79 Å². The van der Waals surface area contributed by atoms with Crippen molar-refractivity contribution in [2.24, 2.45) is 0 Å². The number of benzene rings is 3. The first-order valence-electron chi connectivity index (χ1n) is 8.55. The topological polar surface area (TPSA) is 55.1 Å². The number of amides is 1. The van der Waals surface area contributed by atoms with Crippen LogP contribution in [-0.4, -0.2) is 10.9 Å². The van der Waals surface area contributed by atoms with E-state index in [1.54, 1.807) is 24.3 Å². The molecule has 0 atom stereocenters. The highest BCUT2D eigenvalue weighted by atomic mass is 35.5. The molecule has 27 heavy (non-hydrogen) atoms. The largest absolute Gasteiger partial charge is 0.436 e. The second kappa shape index (κ2) is 6.89. The number of hydrogen-bond donors (Lipinski definition) is 1. The number of nitrogens with zero attached hydrogens (tertiary/aromatic N) is 1. The number of rotatable bonds is 3. The number of nitrogens with one attached hydrogen (secondary N) is 1. The lowest BCUT2D eigenvalue weighted by Gasteiger charge is -2.07. The summed E-state index contributed by atoms with van der Waals surface area (Å²) >= 11 is 6.07. The van der Waals surface area contributed by atoms with Crippen LogP contribution in [0.1, 0.15) is 21.5 Å². The van der Waals surface area contributed by atoms with Crippen molar-refractivity contribution in [3.8, 4) is 11.5 Å². The van der Waals surface area contributed by atoms with Gasteiger partial charge in [-0.1, -0.05) is 29.8 Å². The van der Waals surface area contributed by atoms with Crippen LogP contribution in [0.25, 0.3) is 22.6 Å². The first-order chi connectivity index (χ1) is 13.0. The summed E-state index contributed by atoms with van der Waals surface area (Å²) in [5.41, 5.74) is 5.81. The molecule has 1 amide bonds. The number of fused-ring (bicyclic) bond motifs is 1. The van der Waals surface area contributed by atoms with E-state index in [2.05, 4.69) is 16.4 Å². The molecule has 0 fully saturated rings. The quantitative estimate of drug-likeness (QED) is 0.475. The maximum Gasteiger partial charge on any atom is 0.257 e. The smallest absolute Gasteiger partial charge is 0.257 e. The van der Waals surface area contributed by atoms with Crippen LogP contribution in [0.4, 0.5) is 5.69 Å². The van der Waals surface area contributed by atoms with Gasteiger partial charge in [0.1, 0.15) is 5.52 Å². The zero-order valence-corrected chi connectivity index (χ0v) is 15.7. The average Bonchev–Trinajstić information content (AvgIpc) is 3.07. The number of hydrogen-bond acceptors (Lipinski definition) is 3. The van der Waals surface area contributed by atoms with Gasteiger partial charge in [-0.15, -0.1) is 0 Å². The molecule has 4 rings (SSSR count). The summed E-state index contributed by atoms with van der Waals surface area (Å²) in [6.07, 6.45) is 0. The first-order valence-corrected chi connectivity index (χ1v) is 8.93. The Hall–Kier alpha value is -3.11. The summed E-state index contributed by atoms with van der Waals surface area (Å²) in [5, 5.41) is 3.27. The van der Waals surface area contributed by atoms with E-state index in [1.165, 1.54) is 0 Å². The minimum absolute atomic E-state index is 0.249. The predicted octanol–water partition coefficient (Wildman–Crippen LogP) is 6.02. The lowest BCUT2D eigenvalue weighted by molar-refractivity contribution is 0.102. The summed E-state index contributed by atoms with van der Waals surface area (Å²) < 4.78 is 5.93. The molecule has 0 aliphatic heterocycles. The highest BCUT2D eigenvalue weighted by Gasteiger charge is 2.12. The molecule has 3 aromatic carbocycles. The molecule has 1 N–H and O–H groups in total. The molecule has 1 heterocycles. The third-order valence-electron chi connectivity index (χ3n) is 4.33. The van der Waals surface area contributed by atoms with Gasteiger partial charge in [0.15, 0.2) is 5.58 Å². The van der Waals surface area contributed by atoms with E-state index in [9.17, 15) is 4.79 Å². The zero-order valence-electron chi connectivity index (χ0n) is 14.9. The number of carbonyl (C=O) groups excluding carboxylic acids is 1. The lowest BCUT2D eigenvalue weighted by atomic mass is 10.1. The number of halogens is 1. The fourth-order valence-corrected chi connectivity index (χ4v) is 3.26. The molecule has 0 radical (unpaired) electrons. The van der Waals surface area contributed by atoms with Crippen LogP contribution >= 0.6 is 11.6 Å². The van der Waals surface area contributed by atoms with Crippen LogP contribution in [0.5, 0.6) is 0 Å². The van der Waals surface area contributed by atoms with Gasteiger partial charge in [0.25, 0.3) is 5.91 Å². The molecule has 0 unspecified atom stereocenters. The van der Waals surface area contributed by atoms with E-state index in [0.29, 0.717) is 22.2 Å². The Morgan fingerprint density at radius 2 is 1.78 bits per heavy atom. The molecule has 0 saturated carbocycles. The predicted molar refractivity (Wildman–Crippen MR) is 108 cm³/mol. The fraction of sp³-hybridized carbons (Fsp3) is 0.0909. The SMILES string of the molecule is Cc1cc(C)c2oc(-c3ccc(NC(=O)c4ccccc4Cl)cc3)nc2c1. The van der Waals surface area contributed by atoms with Crippen molar-refractivity contribution >= 4 is 34.3 Å². The van der Waals surface area contributed by atoms with Crippen molar-refractivity contribution in [1.29, 1.82) is 0 Å². The monoisotopic (exact) mass is 376 g/mol. The van der Waals surface area contributed by atoms with E-state index < -0.39 is 0 Å². The summed E-state index contributed by atoms with van der Waals surface area (Å²) in [6.45, 7) is 4.05. The highest BCUT2D eigenvalue weighted by molar-refractivity contribution is 6.34. The van der Waals surface area contributed by atoms with Crippen LogP contribution < -0.4 is 5.32 Å². The van der Waals surface area contributed by atoms with Crippen molar-refractivity contribution in [3.05, 3.63) is 82.4 Å². The van der Waals surface area contributed by atoms with Gasteiger partial charge in [-0.2, -0.15) is 0 Å². The van der Waals surface area contributed by atoms with Crippen molar-refractivity contribution in [2.45, 2.75) is 13.8 Å². The molecule has 0 saturated heterocycles. The van der Waals surface area contributed by atoms with Crippen LogP contribution in [0.2, 0.25) is 5.02 Å². The van der Waals surface area contributed by atoms with Crippen molar-refractivity contribution in [1.82, 2.24) is 4.98 Å². The van der Waals surface area contributed by atoms with Gasteiger partial charge in [0.05, 0.1) is 10.6 Å². The Bertz CT molecular complexity index is 1150. The Balaban J connectivity index is 1.58. The number of carbonyl (C=O) groups is 1. The van der Waals surface area contributed by atoms with E-state index in [1.807, 2.05) is 44.2 Å². The van der Waals surface area contributed by atoms with Crippen molar-refractivity contribution in [2.75, 3.05) is 5.32 Å². The van der Waals surface area contributed by atoms with Crippen molar-refractivity contribution in [3.63, 3.8) is 0 Å². The third kappa shape index (κ3) is 3.44. The number of aromatic nitrogens is 1. The Labute approximate surface area is 161 Å². The maximum absolute atomic E-state index is 12.4. The highest BCUT2D eigenvalue weighted by Crippen LogP contribution is 2.28. The molecule has 0 aliphatic carbocycles. The normalized spacial score (nSPS) is 10.9. The molecule has 4 nitrogen and oxygen atoms in total. The van der Waals surface area contributed by atoms with Gasteiger partial charge in [-0.05, 0) is 67.4 Å². The van der Waals surface area contributed by atoms with Crippen LogP contribution in [0.15, 0.2) is 65.1 Å². The van der Waals surface area contributed by atoms with Crippen LogP contribution in [0, 0.1) is 13.8 Å². The molecule has 134 valence electrons. The van der Waals surface area contributed by atoms with Crippen LogP contribution in [0.3, 0.4) is 0 Å². The zero-order chi connectivity index (χ0) is 19.0. The van der Waals surface area contributed by atoms with Gasteiger partial charge >= 0.3 is 0 Å². The lowest BCUT2D eigenvalue weighted by Crippen LogP contribution is -2.12. The van der Waals surface area contributed by atoms with Crippen molar-refractivity contribution < 1.29 is 9.21 Å². The van der Waals surface area contributed by atoms with Crippen LogP contribution in [-0.2, 0) is 0 Å². The van der Waals surface area contributed by atoms with Gasteiger partial charge < -0.3 is 9.73 Å². The number of aryl methyl sites for hydroxylation is 2. The van der Waals surface area contributed by atoms with Gasteiger partial charge in [0, 0.05) is 11.3 Å². The first kappa shape index (κ1) is 17.3. The van der Waals surface area contributed by atoms with Gasteiger partial charge in [0.2, 0.25) is 5.89 Å². The average molecular weight is 377 g/mol. The molecular formula is C22H17ClN2O2. The molecular weight excluding hydrogens is 360 g/mol. The summed E-state index contributed by atoms with van der Waals surface area (Å²) in [5.74, 6) is 0.309. The molecule has 0 bridgehead atoms. The minimum Gasteiger partial charge on any atom is -0.436 e.